The Bertz CT molecular complexity index is 656. The minimum atomic E-state index is -4.29. The Balaban J connectivity index is 3.14. The summed E-state index contributed by atoms with van der Waals surface area (Å²) in [4.78, 5) is 15.2. The van der Waals surface area contributed by atoms with E-state index in [-0.39, 0.29) is 4.41 Å². The molecule has 0 fully saturated rings. The van der Waals surface area contributed by atoms with Gasteiger partial charge in [-0.2, -0.15) is 8.42 Å². The van der Waals surface area contributed by atoms with Crippen molar-refractivity contribution in [2.45, 2.75) is 5.03 Å². The van der Waals surface area contributed by atoms with E-state index in [9.17, 15) is 21.6 Å². The Morgan fingerprint density at radius 3 is 2.32 bits per heavy atom. The molecule has 0 aliphatic carbocycles. The highest BCUT2D eigenvalue weighted by Gasteiger charge is 2.31. The third kappa shape index (κ3) is 3.87. The van der Waals surface area contributed by atoms with Crippen LogP contribution in [0.5, 0.6) is 0 Å². The zero-order valence-corrected chi connectivity index (χ0v) is 11.7. The number of carbonyl (C=O) groups excluding carboxylic acids is 1. The number of hydrogen-bond acceptors (Lipinski definition) is 7. The lowest BCUT2D eigenvalue weighted by atomic mass is 10.5. The zero-order valence-electron chi connectivity index (χ0n) is 10.1. The van der Waals surface area contributed by atoms with Crippen LogP contribution in [0.4, 0.5) is 4.79 Å². The van der Waals surface area contributed by atoms with Gasteiger partial charge in [-0.3, -0.25) is 0 Å². The van der Waals surface area contributed by atoms with E-state index in [1.165, 1.54) is 29.1 Å². The van der Waals surface area contributed by atoms with Gasteiger partial charge in [0.1, 0.15) is 0 Å². The van der Waals surface area contributed by atoms with Gasteiger partial charge in [-0.1, -0.05) is 6.07 Å². The molecule has 11 heteroatoms. The number of nitrogens with zero attached hydrogens (tertiary/aromatic N) is 2. The van der Waals surface area contributed by atoms with Gasteiger partial charge in [0, 0.05) is 13.2 Å². The molecule has 106 valence electrons. The van der Waals surface area contributed by atoms with E-state index in [1.807, 2.05) is 0 Å². The van der Waals surface area contributed by atoms with Crippen LogP contribution in [0.1, 0.15) is 0 Å². The molecule has 0 bridgehead atoms. The number of pyridine rings is 1. The first-order chi connectivity index (χ1) is 8.68. The summed E-state index contributed by atoms with van der Waals surface area (Å²) in [5.41, 5.74) is 2.09. The van der Waals surface area contributed by atoms with E-state index in [2.05, 4.69) is 10.4 Å². The van der Waals surface area contributed by atoms with Crippen molar-refractivity contribution in [2.24, 2.45) is 0 Å². The molecule has 0 unspecified atom stereocenters. The largest absolute Gasteiger partial charge is 0.359 e. The molecule has 19 heavy (non-hydrogen) atoms. The molecule has 0 saturated carbocycles. The molecule has 0 aromatic carbocycles. The summed E-state index contributed by atoms with van der Waals surface area (Å²) in [6.07, 6.45) is 1.96. The van der Waals surface area contributed by atoms with Crippen LogP contribution in [-0.2, 0) is 20.0 Å². The third-order valence-electron chi connectivity index (χ3n) is 1.80. The van der Waals surface area contributed by atoms with Crippen LogP contribution in [-0.4, -0.2) is 45.6 Å². The monoisotopic (exact) mass is 308 g/mol. The summed E-state index contributed by atoms with van der Waals surface area (Å²) in [5, 5.41) is -0.395. The van der Waals surface area contributed by atoms with E-state index < -0.39 is 31.1 Å². The average Bonchev–Trinajstić information content (AvgIpc) is 2.28. The summed E-state index contributed by atoms with van der Waals surface area (Å²) < 4.78 is 47.6. The van der Waals surface area contributed by atoms with Crippen molar-refractivity contribution in [3.05, 3.63) is 24.4 Å². The van der Waals surface area contributed by atoms with Crippen molar-refractivity contribution < 1.29 is 21.6 Å². The van der Waals surface area contributed by atoms with Crippen molar-refractivity contribution in [2.75, 3.05) is 13.3 Å². The number of urea groups is 1. The highest BCUT2D eigenvalue weighted by Crippen LogP contribution is 2.10. The normalized spacial score (nSPS) is 11.9. The molecule has 0 radical (unpaired) electrons. The molecule has 1 aromatic rings. The van der Waals surface area contributed by atoms with Crippen LogP contribution in [0.25, 0.3) is 0 Å². The van der Waals surface area contributed by atoms with Gasteiger partial charge in [-0.15, -0.1) is 4.41 Å². The quantitative estimate of drug-likeness (QED) is 0.674. The standard InChI is InChI=1S/C8H12N4O5S2/c1-9-12(8(13)11-18(2,14)15)19(16,17)7-5-3-4-6-10-7/h3-6,9H,1-2H3,(H,11,13). The molecule has 2 N–H and O–H groups in total. The fourth-order valence-electron chi connectivity index (χ4n) is 1.12. The first-order valence-electron chi connectivity index (χ1n) is 4.84. The number of amides is 2. The lowest BCUT2D eigenvalue weighted by Gasteiger charge is -2.19. The maximum absolute atomic E-state index is 12.0. The Morgan fingerprint density at radius 2 is 1.89 bits per heavy atom. The van der Waals surface area contributed by atoms with E-state index in [4.69, 9.17) is 0 Å². The van der Waals surface area contributed by atoms with Crippen LogP contribution >= 0.6 is 0 Å². The number of nitrogens with one attached hydrogen (secondary N) is 2. The van der Waals surface area contributed by atoms with Gasteiger partial charge >= 0.3 is 6.03 Å². The lowest BCUT2D eigenvalue weighted by molar-refractivity contribution is 0.219. The molecule has 9 nitrogen and oxygen atoms in total. The Hall–Kier alpha value is -1.72. The molecule has 2 amide bonds. The highest BCUT2D eigenvalue weighted by molar-refractivity contribution is 7.90. The molecular weight excluding hydrogens is 296 g/mol. The van der Waals surface area contributed by atoms with Crippen molar-refractivity contribution in [3.8, 4) is 0 Å². The van der Waals surface area contributed by atoms with Gasteiger partial charge in [0.15, 0.2) is 5.03 Å². The van der Waals surface area contributed by atoms with Crippen molar-refractivity contribution in [1.82, 2.24) is 19.5 Å². The van der Waals surface area contributed by atoms with Gasteiger partial charge in [0.2, 0.25) is 10.0 Å². The zero-order chi connectivity index (χ0) is 14.7. The van der Waals surface area contributed by atoms with Crippen LogP contribution < -0.4 is 10.1 Å². The maximum atomic E-state index is 12.0. The van der Waals surface area contributed by atoms with Gasteiger partial charge < -0.3 is 0 Å². The maximum Gasteiger partial charge on any atom is 0.359 e. The van der Waals surface area contributed by atoms with Crippen molar-refractivity contribution >= 4 is 26.1 Å². The molecule has 0 saturated heterocycles. The molecule has 1 heterocycles. The summed E-state index contributed by atoms with van der Waals surface area (Å²) in [5.74, 6) is 0. The summed E-state index contributed by atoms with van der Waals surface area (Å²) in [6, 6.07) is 2.74. The summed E-state index contributed by atoms with van der Waals surface area (Å²) in [7, 11) is -7.02. The first-order valence-corrected chi connectivity index (χ1v) is 8.17. The first kappa shape index (κ1) is 15.3. The van der Waals surface area contributed by atoms with Crippen LogP contribution in [0.15, 0.2) is 29.4 Å². The number of carbonyl (C=O) groups is 1. The van der Waals surface area contributed by atoms with Gasteiger partial charge in [-0.25, -0.2) is 28.3 Å². The number of hydrogen-bond donors (Lipinski definition) is 2. The Morgan fingerprint density at radius 1 is 1.26 bits per heavy atom. The van der Waals surface area contributed by atoms with E-state index in [0.717, 1.165) is 13.3 Å². The van der Waals surface area contributed by atoms with Crippen LogP contribution in [0.3, 0.4) is 0 Å². The predicted molar refractivity (Wildman–Crippen MR) is 65.7 cm³/mol. The van der Waals surface area contributed by atoms with Gasteiger partial charge in [0.05, 0.1) is 6.26 Å². The summed E-state index contributed by atoms with van der Waals surface area (Å²) >= 11 is 0. The Labute approximate surface area is 110 Å². The minimum absolute atomic E-state index is 0.149. The molecule has 0 aliphatic heterocycles. The third-order valence-corrected chi connectivity index (χ3v) is 3.95. The van der Waals surface area contributed by atoms with E-state index in [0.29, 0.717) is 0 Å². The van der Waals surface area contributed by atoms with E-state index >= 15 is 0 Å². The molecule has 1 rings (SSSR count). The van der Waals surface area contributed by atoms with Crippen LogP contribution in [0, 0.1) is 0 Å². The summed E-state index contributed by atoms with van der Waals surface area (Å²) in [6.45, 7) is 0. The second-order valence-corrected chi connectivity index (χ2v) is 6.82. The van der Waals surface area contributed by atoms with Crippen molar-refractivity contribution in [1.29, 1.82) is 0 Å². The fraction of sp³-hybridized carbons (Fsp3) is 0.250. The SMILES string of the molecule is CNN(C(=O)NS(C)(=O)=O)S(=O)(=O)c1ccccn1. The fourth-order valence-corrected chi connectivity index (χ4v) is 2.73. The molecule has 0 aliphatic rings. The highest BCUT2D eigenvalue weighted by atomic mass is 32.2. The lowest BCUT2D eigenvalue weighted by Crippen LogP contribution is -2.51. The molecular formula is C8H12N4O5S2. The van der Waals surface area contributed by atoms with Gasteiger partial charge in [-0.05, 0) is 12.1 Å². The number of sulfonamides is 2. The number of aromatic nitrogens is 1. The minimum Gasteiger partial charge on any atom is -0.245 e. The second-order valence-electron chi connectivity index (χ2n) is 3.34. The smallest absolute Gasteiger partial charge is 0.245 e. The van der Waals surface area contributed by atoms with Gasteiger partial charge in [0.25, 0.3) is 10.0 Å². The molecule has 0 atom stereocenters. The van der Waals surface area contributed by atoms with Crippen molar-refractivity contribution in [3.63, 3.8) is 0 Å². The van der Waals surface area contributed by atoms with Crippen LogP contribution in [0.2, 0.25) is 0 Å². The second kappa shape index (κ2) is 5.50. The topological polar surface area (TPSA) is 126 Å². The van der Waals surface area contributed by atoms with E-state index in [1.54, 1.807) is 0 Å². The molecule has 1 aromatic heterocycles. The predicted octanol–water partition coefficient (Wildman–Crippen LogP) is -1.12. The Kier molecular flexibility index (Phi) is 4.44. The average molecular weight is 308 g/mol. The number of rotatable bonds is 4. The number of hydrazine groups is 1. The molecule has 0 spiro atoms.